The van der Waals surface area contributed by atoms with E-state index in [1.807, 2.05) is 13.8 Å². The fourth-order valence-electron chi connectivity index (χ4n) is 5.65. The highest BCUT2D eigenvalue weighted by Gasteiger charge is 2.39. The summed E-state index contributed by atoms with van der Waals surface area (Å²) in [4.78, 5) is 211. The lowest BCUT2D eigenvalue weighted by Gasteiger charge is -2.22. The number of ether oxygens (including phenoxy) is 4. The molecule has 1 aliphatic rings. The summed E-state index contributed by atoms with van der Waals surface area (Å²) < 4.78 is 82.7. The molecule has 0 atom stereocenters. The van der Waals surface area contributed by atoms with Crippen LogP contribution >= 0.6 is 0 Å². The number of carbonyl (C=O) groups excluding carboxylic acids is 16. The van der Waals surface area contributed by atoms with E-state index in [1.54, 1.807) is 41.5 Å². The summed E-state index contributed by atoms with van der Waals surface area (Å²) in [5, 5.41) is 24.0. The van der Waals surface area contributed by atoms with E-state index < -0.39 is 152 Å². The molecule has 33 nitrogen and oxygen atoms in total. The minimum atomic E-state index is -5.08. The predicted molar refractivity (Wildman–Crippen MR) is 297 cm³/mol. The number of hydrogen-bond acceptors (Lipinski definition) is 24. The van der Waals surface area contributed by atoms with Crippen LogP contribution in [0.4, 0.5) is 26.3 Å². The Labute approximate surface area is 523 Å². The number of carboxylic acids is 2. The van der Waals surface area contributed by atoms with Crippen molar-refractivity contribution >= 4 is 106 Å². The van der Waals surface area contributed by atoms with Gasteiger partial charge in [0.15, 0.2) is 17.3 Å². The average Bonchev–Trinajstić information content (AvgIpc) is 1.72. The zero-order chi connectivity index (χ0) is 72.3. The molecule has 0 spiro atoms. The van der Waals surface area contributed by atoms with Crippen molar-refractivity contribution in [1.82, 2.24) is 36.1 Å². The number of rotatable bonds is 31. The summed E-state index contributed by atoms with van der Waals surface area (Å²) >= 11 is 0. The van der Waals surface area contributed by atoms with Crippen molar-refractivity contribution in [3.05, 3.63) is 0 Å². The number of methoxy groups -OCH3 is 2. The van der Waals surface area contributed by atoms with E-state index in [-0.39, 0.29) is 88.5 Å². The lowest BCUT2D eigenvalue weighted by atomic mass is 10.2. The van der Waals surface area contributed by atoms with Crippen molar-refractivity contribution in [3.8, 4) is 0 Å². The van der Waals surface area contributed by atoms with Crippen molar-refractivity contribution in [2.45, 2.75) is 156 Å². The van der Waals surface area contributed by atoms with Crippen LogP contribution in [0, 0.1) is 0 Å². The monoisotopic (exact) mass is 1340 g/mol. The third-order valence-electron chi connectivity index (χ3n) is 9.84. The molecular weight excluding hydrogens is 1260 g/mol. The summed E-state index contributed by atoms with van der Waals surface area (Å²) in [6.07, 6.45) is -9.22. The number of hydrogen-bond donors (Lipinski definition) is 7. The van der Waals surface area contributed by atoms with Crippen molar-refractivity contribution in [2.24, 2.45) is 5.73 Å². The Morgan fingerprint density at radius 2 is 0.761 bits per heavy atom. The van der Waals surface area contributed by atoms with Crippen molar-refractivity contribution in [3.63, 3.8) is 0 Å². The van der Waals surface area contributed by atoms with E-state index in [4.69, 9.17) is 35.0 Å². The van der Waals surface area contributed by atoms with Gasteiger partial charge in [-0.3, -0.25) is 71.9 Å². The molecule has 0 unspecified atom stereocenters. The van der Waals surface area contributed by atoms with Gasteiger partial charge >= 0.3 is 54.1 Å². The topological polar surface area (TPSA) is 478 Å². The molecule has 39 heteroatoms. The number of esters is 4. The first-order valence-electron chi connectivity index (χ1n) is 27.3. The Hall–Kier alpha value is -9.20. The molecule has 92 heavy (non-hydrogen) atoms. The van der Waals surface area contributed by atoms with Crippen LogP contribution in [0.3, 0.4) is 0 Å². The van der Waals surface area contributed by atoms with Crippen molar-refractivity contribution in [2.75, 3.05) is 73.1 Å². The molecule has 0 aromatic heterocycles. The van der Waals surface area contributed by atoms with Crippen LogP contribution in [0.1, 0.15) is 132 Å². The standard InChI is InChI=1S/C23H37N3O9.C19H27N3O10.C7H14N2O2.2C2HF3O2/c1-6-7-16(27)12-24-18(29)9-8-17(28)14-26(15-22(33)34-5)20(31)13-25-19(30)10-11-21(32)35-23(2,3)4;1-19(2,3)31-16(27)8-5-12(23)20-9-15(26)21(10-17(28)30-4)11-18(29)32-22-13(24)6-7-14(22)25;1-2-3-6(10)5-9-7(11)4-8;2*3-2(4,5)1(6)7/h6-15H2,1-5H3,(H,24,29)(H,25,30);5-11H2,1-4H3,(H,20,23);2-5,8H2,1H3,(H,9,11);2*(H,6,7). The van der Waals surface area contributed by atoms with Gasteiger partial charge in [-0.15, -0.1) is 5.06 Å². The van der Waals surface area contributed by atoms with Crippen LogP contribution in [0.25, 0.3) is 0 Å². The molecule has 1 fully saturated rings. The first-order valence-corrected chi connectivity index (χ1v) is 27.3. The van der Waals surface area contributed by atoms with Gasteiger partial charge in [0.2, 0.25) is 35.4 Å². The number of aliphatic carboxylic acids is 2. The highest BCUT2D eigenvalue weighted by atomic mass is 19.4. The number of Topliss-reactive ketones (excluding diaryl/α,β-unsaturated/α-hetero) is 3. The van der Waals surface area contributed by atoms with Gasteiger partial charge < -0.3 is 70.8 Å². The van der Waals surface area contributed by atoms with E-state index in [0.29, 0.717) is 24.3 Å². The molecule has 8 amide bonds. The van der Waals surface area contributed by atoms with Gasteiger partial charge in [-0.1, -0.05) is 13.8 Å². The third kappa shape index (κ3) is 50.6. The maximum absolute atomic E-state index is 12.5. The van der Waals surface area contributed by atoms with Gasteiger partial charge in [0, 0.05) is 51.4 Å². The molecule has 1 heterocycles. The highest BCUT2D eigenvalue weighted by Crippen LogP contribution is 2.15. The van der Waals surface area contributed by atoms with Crippen LogP contribution in [-0.2, 0) is 110 Å². The van der Waals surface area contributed by atoms with Crippen LogP contribution in [0.2, 0.25) is 0 Å². The van der Waals surface area contributed by atoms with E-state index in [1.165, 1.54) is 0 Å². The summed E-state index contributed by atoms with van der Waals surface area (Å²) in [5.74, 6) is -14.9. The number of imide groups is 1. The van der Waals surface area contributed by atoms with Crippen LogP contribution in [0.5, 0.6) is 0 Å². The Morgan fingerprint density at radius 3 is 1.07 bits per heavy atom. The lowest BCUT2D eigenvalue weighted by molar-refractivity contribution is -0.198. The lowest BCUT2D eigenvalue weighted by Crippen LogP contribution is -2.46. The Balaban J connectivity index is -0.000000614. The van der Waals surface area contributed by atoms with E-state index in [2.05, 4.69) is 35.6 Å². The summed E-state index contributed by atoms with van der Waals surface area (Å²) in [6, 6.07) is 0. The summed E-state index contributed by atoms with van der Waals surface area (Å²) in [6.45, 7) is 10.3. The van der Waals surface area contributed by atoms with Crippen molar-refractivity contribution < 1.29 is 147 Å². The molecule has 1 saturated heterocycles. The average molecular weight is 1340 g/mol. The molecule has 8 N–H and O–H groups in total. The number of carboxylic acid groups (broad SMARTS) is 2. The predicted octanol–water partition coefficient (Wildman–Crippen LogP) is -0.409. The largest absolute Gasteiger partial charge is 0.490 e. The van der Waals surface area contributed by atoms with Gasteiger partial charge in [-0.2, -0.15) is 26.3 Å². The van der Waals surface area contributed by atoms with Gasteiger partial charge in [-0.05, 0) is 54.4 Å². The number of ketones is 3. The van der Waals surface area contributed by atoms with E-state index >= 15 is 0 Å². The molecule has 0 aliphatic carbocycles. The number of nitrogens with zero attached hydrogens (tertiary/aromatic N) is 3. The maximum atomic E-state index is 12.5. The molecule has 0 bridgehead atoms. The summed E-state index contributed by atoms with van der Waals surface area (Å²) in [5.41, 5.74) is 3.63. The number of carbonyl (C=O) groups is 18. The van der Waals surface area contributed by atoms with Crippen molar-refractivity contribution in [1.29, 1.82) is 0 Å². The van der Waals surface area contributed by atoms with Crippen LogP contribution in [-0.4, -0.2) is 228 Å². The SMILES string of the molecule is CCCC(=O)CNC(=O)CCC(=O)CN(CC(=O)OC)C(=O)CNC(=O)CCC(=O)OC(C)(C)C.CCCC(=O)CNC(=O)CN.COC(=O)CN(CC(=O)ON1C(=O)CCC1=O)C(=O)CNC(=O)CCC(=O)OC(C)(C)C.O=C(O)C(F)(F)F.O=C(O)C(F)(F)F. The van der Waals surface area contributed by atoms with Gasteiger partial charge in [-0.25, -0.2) is 14.4 Å². The fourth-order valence-corrected chi connectivity index (χ4v) is 5.65. The zero-order valence-electron chi connectivity index (χ0n) is 52.3. The smallest absolute Gasteiger partial charge is 0.475 e. The number of nitrogens with two attached hydrogens (primary N) is 1. The molecule has 0 aromatic carbocycles. The van der Waals surface area contributed by atoms with Gasteiger partial charge in [0.25, 0.3) is 11.8 Å². The minimum absolute atomic E-state index is 0.0503. The number of amides is 8. The van der Waals surface area contributed by atoms with Crippen LogP contribution in [0.15, 0.2) is 0 Å². The molecule has 1 aliphatic heterocycles. The second-order valence-corrected chi connectivity index (χ2v) is 20.4. The second-order valence-electron chi connectivity index (χ2n) is 20.4. The third-order valence-corrected chi connectivity index (χ3v) is 9.84. The van der Waals surface area contributed by atoms with E-state index in [9.17, 15) is 103 Å². The Morgan fingerprint density at radius 1 is 0.457 bits per heavy atom. The fraction of sp³-hybridized carbons (Fsp3) is 0.660. The number of alkyl halides is 6. The first kappa shape index (κ1) is 89.2. The Kier molecular flexibility index (Phi) is 44.6. The highest BCUT2D eigenvalue weighted by molar-refractivity contribution is 6.02. The number of halogens is 6. The number of hydroxylamine groups is 2. The molecular formula is C53H80F6N8O25. The van der Waals surface area contributed by atoms with Crippen LogP contribution < -0.4 is 27.0 Å². The summed E-state index contributed by atoms with van der Waals surface area (Å²) in [7, 11) is 2.19. The molecule has 524 valence electrons. The maximum Gasteiger partial charge on any atom is 0.490 e. The molecule has 1 rings (SSSR count). The second kappa shape index (κ2) is 46.0. The zero-order valence-corrected chi connectivity index (χ0v) is 52.3. The molecule has 0 aromatic rings. The minimum Gasteiger partial charge on any atom is -0.475 e. The number of nitrogens with one attached hydrogen (secondary N) is 4. The van der Waals surface area contributed by atoms with Gasteiger partial charge in [0.05, 0.1) is 66.3 Å². The first-order chi connectivity index (χ1) is 42.2. The normalized spacial score (nSPS) is 11.6. The quantitative estimate of drug-likeness (QED) is 0.0201. The molecule has 0 saturated carbocycles. The van der Waals surface area contributed by atoms with Gasteiger partial charge in [0.1, 0.15) is 30.8 Å². The van der Waals surface area contributed by atoms with E-state index in [0.717, 1.165) is 30.4 Å². The Bertz CT molecular complexity index is 2530. The molecule has 0 radical (unpaired) electrons.